The number of amides is 1. The zero-order chi connectivity index (χ0) is 18.5. The standard InChI is InChI=1S/C19H26N6O/c1-14(2)7-8-19(26)21-18-6-4-5-16(18)11-25-13-17(22-23-25)12-24-10-9-20-15(24)3/h9-10,13-14,16,18H,4-6,11-12H2,1-3H3,(H,21,26)/t16-,18-/m1/s1. The summed E-state index contributed by atoms with van der Waals surface area (Å²) in [5.74, 6) is 6.95. The van der Waals surface area contributed by atoms with Crippen LogP contribution >= 0.6 is 0 Å². The van der Waals surface area contributed by atoms with Crippen LogP contribution in [0.4, 0.5) is 0 Å². The highest BCUT2D eigenvalue weighted by atomic mass is 16.1. The number of carbonyl (C=O) groups is 1. The first kappa shape index (κ1) is 18.2. The monoisotopic (exact) mass is 354 g/mol. The zero-order valence-corrected chi connectivity index (χ0v) is 15.6. The molecule has 0 aliphatic heterocycles. The SMILES string of the molecule is Cc1nccn1Cc1cn(C[C@H]2CCC[C@H]2NC(=O)C#CC(C)C)nn1. The predicted octanol–water partition coefficient (Wildman–Crippen LogP) is 1.78. The van der Waals surface area contributed by atoms with E-state index in [0.717, 1.165) is 37.3 Å². The highest BCUT2D eigenvalue weighted by molar-refractivity contribution is 5.93. The van der Waals surface area contributed by atoms with Crippen molar-refractivity contribution in [2.45, 2.75) is 59.2 Å². The Balaban J connectivity index is 1.57. The Morgan fingerprint density at radius 3 is 3.00 bits per heavy atom. The number of rotatable bonds is 5. The number of imidazole rings is 1. The van der Waals surface area contributed by atoms with Crippen molar-refractivity contribution < 1.29 is 4.79 Å². The van der Waals surface area contributed by atoms with Crippen LogP contribution < -0.4 is 5.32 Å². The molecule has 1 aliphatic rings. The van der Waals surface area contributed by atoms with Crippen LogP contribution in [-0.4, -0.2) is 36.5 Å². The summed E-state index contributed by atoms with van der Waals surface area (Å²) in [4.78, 5) is 16.2. The first-order valence-electron chi connectivity index (χ1n) is 9.20. The maximum absolute atomic E-state index is 12.0. The molecular weight excluding hydrogens is 328 g/mol. The lowest BCUT2D eigenvalue weighted by Crippen LogP contribution is -2.38. The summed E-state index contributed by atoms with van der Waals surface area (Å²) < 4.78 is 3.93. The van der Waals surface area contributed by atoms with Crippen LogP contribution in [0.3, 0.4) is 0 Å². The van der Waals surface area contributed by atoms with Gasteiger partial charge in [0, 0.05) is 30.9 Å². The molecule has 1 amide bonds. The minimum atomic E-state index is -0.175. The summed E-state index contributed by atoms with van der Waals surface area (Å²) in [5.41, 5.74) is 0.910. The summed E-state index contributed by atoms with van der Waals surface area (Å²) in [7, 11) is 0. The van der Waals surface area contributed by atoms with Crippen LogP contribution in [0.25, 0.3) is 0 Å². The number of hydrogen-bond donors (Lipinski definition) is 1. The van der Waals surface area contributed by atoms with Gasteiger partial charge >= 0.3 is 0 Å². The van der Waals surface area contributed by atoms with E-state index in [-0.39, 0.29) is 17.9 Å². The highest BCUT2D eigenvalue weighted by Gasteiger charge is 2.29. The molecule has 3 rings (SSSR count). The number of hydrogen-bond acceptors (Lipinski definition) is 4. The lowest BCUT2D eigenvalue weighted by Gasteiger charge is -2.19. The molecule has 0 radical (unpaired) electrons. The van der Waals surface area contributed by atoms with E-state index in [0.29, 0.717) is 12.5 Å². The van der Waals surface area contributed by atoms with E-state index in [1.807, 2.05) is 42.4 Å². The highest BCUT2D eigenvalue weighted by Crippen LogP contribution is 2.27. The van der Waals surface area contributed by atoms with Gasteiger partial charge in [0.05, 0.1) is 12.7 Å². The van der Waals surface area contributed by atoms with Crippen molar-refractivity contribution in [3.05, 3.63) is 30.1 Å². The van der Waals surface area contributed by atoms with E-state index in [1.165, 1.54) is 0 Å². The Hall–Kier alpha value is -2.62. The third-order valence-electron chi connectivity index (χ3n) is 4.71. The normalized spacial score (nSPS) is 19.4. The summed E-state index contributed by atoms with van der Waals surface area (Å²) in [6, 6.07) is 0.160. The lowest BCUT2D eigenvalue weighted by atomic mass is 10.0. The van der Waals surface area contributed by atoms with Gasteiger partial charge in [-0.05, 0) is 31.6 Å². The zero-order valence-electron chi connectivity index (χ0n) is 15.6. The minimum Gasteiger partial charge on any atom is -0.342 e. The molecule has 0 bridgehead atoms. The quantitative estimate of drug-likeness (QED) is 0.830. The number of nitrogens with one attached hydrogen (secondary N) is 1. The van der Waals surface area contributed by atoms with Crippen LogP contribution in [-0.2, 0) is 17.9 Å². The second kappa shape index (κ2) is 8.17. The van der Waals surface area contributed by atoms with Gasteiger partial charge in [-0.2, -0.15) is 0 Å². The van der Waals surface area contributed by atoms with Crippen molar-refractivity contribution in [3.8, 4) is 11.8 Å². The molecule has 2 heterocycles. The van der Waals surface area contributed by atoms with Gasteiger partial charge in [0.15, 0.2) is 0 Å². The van der Waals surface area contributed by atoms with Gasteiger partial charge in [-0.15, -0.1) is 5.10 Å². The number of aryl methyl sites for hydroxylation is 1. The minimum absolute atomic E-state index is 0.160. The van der Waals surface area contributed by atoms with E-state index in [1.54, 1.807) is 6.20 Å². The molecule has 7 nitrogen and oxygen atoms in total. The summed E-state index contributed by atoms with van der Waals surface area (Å²) in [6.45, 7) is 7.36. The van der Waals surface area contributed by atoms with Gasteiger partial charge in [-0.1, -0.05) is 31.4 Å². The molecule has 0 unspecified atom stereocenters. The molecule has 2 aromatic heterocycles. The first-order valence-corrected chi connectivity index (χ1v) is 9.20. The molecule has 7 heteroatoms. The number of nitrogens with zero attached hydrogens (tertiary/aromatic N) is 5. The fraction of sp³-hybridized carbons (Fsp3) is 0.579. The molecule has 1 saturated carbocycles. The largest absolute Gasteiger partial charge is 0.342 e. The van der Waals surface area contributed by atoms with Crippen molar-refractivity contribution in [3.63, 3.8) is 0 Å². The molecule has 1 fully saturated rings. The third kappa shape index (κ3) is 4.72. The molecule has 2 atom stereocenters. The van der Waals surface area contributed by atoms with Crippen molar-refractivity contribution >= 4 is 5.91 Å². The molecular formula is C19H26N6O. The van der Waals surface area contributed by atoms with E-state index >= 15 is 0 Å². The maximum atomic E-state index is 12.0. The summed E-state index contributed by atoms with van der Waals surface area (Å²) in [5, 5.41) is 11.6. The van der Waals surface area contributed by atoms with Crippen molar-refractivity contribution in [1.29, 1.82) is 0 Å². The van der Waals surface area contributed by atoms with Crippen LogP contribution in [0.1, 0.15) is 44.6 Å². The topological polar surface area (TPSA) is 77.6 Å². The average molecular weight is 354 g/mol. The van der Waals surface area contributed by atoms with Gasteiger partial charge in [0.2, 0.25) is 0 Å². The maximum Gasteiger partial charge on any atom is 0.296 e. The molecule has 0 spiro atoms. The Labute approximate surface area is 154 Å². The Morgan fingerprint density at radius 1 is 1.42 bits per heavy atom. The number of carbonyl (C=O) groups excluding carboxylic acids is 1. The van der Waals surface area contributed by atoms with E-state index < -0.39 is 0 Å². The predicted molar refractivity (Wildman–Crippen MR) is 98.0 cm³/mol. The fourth-order valence-electron chi connectivity index (χ4n) is 3.35. The van der Waals surface area contributed by atoms with E-state index in [4.69, 9.17) is 0 Å². The second-order valence-corrected chi connectivity index (χ2v) is 7.23. The van der Waals surface area contributed by atoms with Crippen LogP contribution in [0, 0.1) is 30.6 Å². The average Bonchev–Trinajstić information content (AvgIpc) is 3.31. The van der Waals surface area contributed by atoms with Crippen LogP contribution in [0.2, 0.25) is 0 Å². The van der Waals surface area contributed by atoms with Gasteiger partial charge in [-0.25, -0.2) is 4.98 Å². The molecule has 26 heavy (non-hydrogen) atoms. The Bertz CT molecular complexity index is 809. The summed E-state index contributed by atoms with van der Waals surface area (Å²) >= 11 is 0. The Morgan fingerprint density at radius 2 is 2.27 bits per heavy atom. The van der Waals surface area contributed by atoms with Gasteiger partial charge in [0.25, 0.3) is 5.91 Å². The molecule has 138 valence electrons. The van der Waals surface area contributed by atoms with Crippen LogP contribution in [0.15, 0.2) is 18.6 Å². The van der Waals surface area contributed by atoms with E-state index in [2.05, 4.69) is 32.5 Å². The molecule has 1 N–H and O–H groups in total. The van der Waals surface area contributed by atoms with Crippen molar-refractivity contribution in [1.82, 2.24) is 29.9 Å². The fourth-order valence-corrected chi connectivity index (χ4v) is 3.35. The first-order chi connectivity index (χ1) is 12.5. The van der Waals surface area contributed by atoms with Gasteiger partial charge in [0.1, 0.15) is 11.5 Å². The van der Waals surface area contributed by atoms with Crippen molar-refractivity contribution in [2.75, 3.05) is 0 Å². The Kier molecular flexibility index (Phi) is 5.71. The second-order valence-electron chi connectivity index (χ2n) is 7.23. The molecule has 2 aromatic rings. The summed E-state index contributed by atoms with van der Waals surface area (Å²) in [6.07, 6.45) is 8.90. The van der Waals surface area contributed by atoms with Gasteiger partial charge < -0.3 is 9.88 Å². The third-order valence-corrected chi connectivity index (χ3v) is 4.71. The molecule has 0 aromatic carbocycles. The molecule has 0 saturated heterocycles. The van der Waals surface area contributed by atoms with Crippen molar-refractivity contribution in [2.24, 2.45) is 11.8 Å². The number of aromatic nitrogens is 5. The van der Waals surface area contributed by atoms with Crippen LogP contribution in [0.5, 0.6) is 0 Å². The van der Waals surface area contributed by atoms with E-state index in [9.17, 15) is 4.79 Å². The smallest absolute Gasteiger partial charge is 0.296 e. The lowest BCUT2D eigenvalue weighted by molar-refractivity contribution is -0.116. The molecule has 1 aliphatic carbocycles. The van der Waals surface area contributed by atoms with Gasteiger partial charge in [-0.3, -0.25) is 9.48 Å².